The van der Waals surface area contributed by atoms with E-state index < -0.39 is 0 Å². The van der Waals surface area contributed by atoms with Gasteiger partial charge in [-0.15, -0.1) is 0 Å². The third-order valence-corrected chi connectivity index (χ3v) is 5.51. The molecule has 1 N–H and O–H groups in total. The van der Waals surface area contributed by atoms with E-state index in [0.29, 0.717) is 24.7 Å². The van der Waals surface area contributed by atoms with Crippen molar-refractivity contribution in [1.29, 1.82) is 5.26 Å². The molecule has 3 heterocycles. The Bertz CT molecular complexity index is 1130. The molecule has 1 fully saturated rings. The summed E-state index contributed by atoms with van der Waals surface area (Å²) in [6.07, 6.45) is 0.792. The number of hydrogen-bond donors (Lipinski definition) is 1. The van der Waals surface area contributed by atoms with Crippen LogP contribution in [0.15, 0.2) is 48.5 Å². The summed E-state index contributed by atoms with van der Waals surface area (Å²) in [7, 11) is 0. The lowest BCUT2D eigenvalue weighted by atomic mass is 10.1. The van der Waals surface area contributed by atoms with Gasteiger partial charge in [-0.25, -0.2) is 4.98 Å². The first-order valence-electron chi connectivity index (χ1n) is 10.0. The molecule has 150 valence electrons. The fourth-order valence-electron chi connectivity index (χ4n) is 4.04. The molecule has 30 heavy (non-hydrogen) atoms. The van der Waals surface area contributed by atoms with Gasteiger partial charge >= 0.3 is 0 Å². The summed E-state index contributed by atoms with van der Waals surface area (Å²) in [5, 5.41) is 19.3. The summed E-state index contributed by atoms with van der Waals surface area (Å²) in [5.74, 6) is 1.74. The molecule has 0 atom stereocenters. The molecule has 1 saturated heterocycles. The Kier molecular flexibility index (Phi) is 4.69. The van der Waals surface area contributed by atoms with Crippen LogP contribution < -0.4 is 9.80 Å². The van der Waals surface area contributed by atoms with Crippen molar-refractivity contribution in [2.75, 3.05) is 42.6 Å². The molecule has 0 spiro atoms. The van der Waals surface area contributed by atoms with Gasteiger partial charge in [0.2, 0.25) is 5.95 Å². The van der Waals surface area contributed by atoms with Crippen molar-refractivity contribution in [1.82, 2.24) is 9.97 Å². The van der Waals surface area contributed by atoms with Gasteiger partial charge in [-0.2, -0.15) is 10.2 Å². The van der Waals surface area contributed by atoms with Crippen LogP contribution in [0.25, 0.3) is 11.3 Å². The van der Waals surface area contributed by atoms with Crippen molar-refractivity contribution in [2.24, 2.45) is 0 Å². The highest BCUT2D eigenvalue weighted by Crippen LogP contribution is 2.39. The number of aromatic nitrogens is 2. The Balaban J connectivity index is 1.65. The Morgan fingerprint density at radius 1 is 1.00 bits per heavy atom. The van der Waals surface area contributed by atoms with Crippen molar-refractivity contribution < 1.29 is 9.84 Å². The zero-order valence-electron chi connectivity index (χ0n) is 16.5. The number of hydrogen-bond acceptors (Lipinski definition) is 7. The van der Waals surface area contributed by atoms with E-state index in [-0.39, 0.29) is 5.75 Å². The molecule has 7 heteroatoms. The molecule has 2 aliphatic heterocycles. The number of rotatable bonds is 3. The van der Waals surface area contributed by atoms with Crippen molar-refractivity contribution in [3.8, 4) is 23.1 Å². The van der Waals surface area contributed by atoms with Crippen LogP contribution in [0.4, 0.5) is 17.5 Å². The van der Waals surface area contributed by atoms with E-state index in [2.05, 4.69) is 15.9 Å². The molecule has 0 saturated carbocycles. The van der Waals surface area contributed by atoms with Crippen molar-refractivity contribution in [2.45, 2.75) is 6.42 Å². The first-order valence-corrected chi connectivity index (χ1v) is 10.0. The third-order valence-electron chi connectivity index (χ3n) is 5.51. The zero-order valence-corrected chi connectivity index (χ0v) is 16.5. The largest absolute Gasteiger partial charge is 0.508 e. The van der Waals surface area contributed by atoms with Gasteiger partial charge in [0.25, 0.3) is 0 Å². The summed E-state index contributed by atoms with van der Waals surface area (Å²) in [5.41, 5.74) is 4.34. The highest BCUT2D eigenvalue weighted by Gasteiger charge is 2.29. The maximum Gasteiger partial charge on any atom is 0.228 e. The normalized spacial score (nSPS) is 15.7. The van der Waals surface area contributed by atoms with Gasteiger partial charge < -0.3 is 19.6 Å². The molecule has 0 radical (unpaired) electrons. The average molecular weight is 399 g/mol. The number of nitriles is 1. The molecule has 2 aromatic carbocycles. The number of morpholine rings is 1. The summed E-state index contributed by atoms with van der Waals surface area (Å²) in [6.45, 7) is 3.54. The summed E-state index contributed by atoms with van der Waals surface area (Å²) in [4.78, 5) is 14.1. The van der Waals surface area contributed by atoms with E-state index in [1.807, 2.05) is 30.3 Å². The molecule has 2 aliphatic rings. The number of aromatic hydroxyl groups is 1. The molecule has 3 aromatic rings. The molecule has 0 bridgehead atoms. The van der Waals surface area contributed by atoms with E-state index in [0.717, 1.165) is 54.4 Å². The van der Waals surface area contributed by atoms with E-state index in [1.165, 1.54) is 0 Å². The van der Waals surface area contributed by atoms with Crippen LogP contribution in [0.1, 0.15) is 11.1 Å². The van der Waals surface area contributed by atoms with Gasteiger partial charge in [0.15, 0.2) is 0 Å². The number of ether oxygens (including phenoxy) is 1. The van der Waals surface area contributed by atoms with Crippen molar-refractivity contribution in [3.05, 3.63) is 59.7 Å². The summed E-state index contributed by atoms with van der Waals surface area (Å²) in [6, 6.07) is 17.0. The van der Waals surface area contributed by atoms with E-state index >= 15 is 0 Å². The topological polar surface area (TPSA) is 85.5 Å². The average Bonchev–Trinajstić information content (AvgIpc) is 3.23. The van der Waals surface area contributed by atoms with Gasteiger partial charge in [0, 0.05) is 36.4 Å². The van der Waals surface area contributed by atoms with Crippen molar-refractivity contribution >= 4 is 17.5 Å². The Morgan fingerprint density at radius 3 is 2.63 bits per heavy atom. The standard InChI is InChI=1S/C23H21N5O2/c24-15-16-3-1-5-18(13-16)28-8-7-20-21(17-4-2-6-19(29)14-17)25-23(26-22(20)28)27-9-11-30-12-10-27/h1-6,13-14,29H,7-12H2. The molecule has 7 nitrogen and oxygen atoms in total. The quantitative estimate of drug-likeness (QED) is 0.723. The minimum atomic E-state index is 0.212. The molecular weight excluding hydrogens is 378 g/mol. The van der Waals surface area contributed by atoms with Gasteiger partial charge in [-0.05, 0) is 36.8 Å². The van der Waals surface area contributed by atoms with Crippen LogP contribution in [0.2, 0.25) is 0 Å². The summed E-state index contributed by atoms with van der Waals surface area (Å²) < 4.78 is 5.49. The minimum Gasteiger partial charge on any atom is -0.508 e. The SMILES string of the molecule is N#Cc1cccc(N2CCc3c(-c4cccc(O)c4)nc(N4CCOCC4)nc32)c1. The second-order valence-electron chi connectivity index (χ2n) is 7.39. The van der Waals surface area contributed by atoms with Crippen LogP contribution in [0.5, 0.6) is 5.75 Å². The molecule has 0 amide bonds. The fraction of sp³-hybridized carbons (Fsp3) is 0.261. The predicted octanol–water partition coefficient (Wildman–Crippen LogP) is 3.25. The predicted molar refractivity (Wildman–Crippen MR) is 114 cm³/mol. The van der Waals surface area contributed by atoms with E-state index in [1.54, 1.807) is 18.2 Å². The minimum absolute atomic E-state index is 0.212. The summed E-state index contributed by atoms with van der Waals surface area (Å²) >= 11 is 0. The molecule has 0 aliphatic carbocycles. The van der Waals surface area contributed by atoms with Gasteiger partial charge in [0.05, 0.1) is 30.5 Å². The van der Waals surface area contributed by atoms with Crippen molar-refractivity contribution in [3.63, 3.8) is 0 Å². The van der Waals surface area contributed by atoms with Gasteiger partial charge in [-0.1, -0.05) is 18.2 Å². The fourth-order valence-corrected chi connectivity index (χ4v) is 4.04. The molecule has 1 aromatic heterocycles. The second kappa shape index (κ2) is 7.65. The molecular formula is C23H21N5O2. The lowest BCUT2D eigenvalue weighted by molar-refractivity contribution is 0.122. The highest BCUT2D eigenvalue weighted by atomic mass is 16.5. The Morgan fingerprint density at radius 2 is 1.83 bits per heavy atom. The Hall–Kier alpha value is -3.63. The molecule has 5 rings (SSSR count). The number of phenolic OH excluding ortho intramolecular Hbond substituents is 1. The van der Waals surface area contributed by atoms with Crippen LogP contribution in [-0.2, 0) is 11.2 Å². The van der Waals surface area contributed by atoms with Crippen LogP contribution in [-0.4, -0.2) is 47.9 Å². The smallest absolute Gasteiger partial charge is 0.228 e. The maximum atomic E-state index is 10.0. The first kappa shape index (κ1) is 18.4. The first-order chi connectivity index (χ1) is 14.7. The second-order valence-corrected chi connectivity index (χ2v) is 7.39. The lowest BCUT2D eigenvalue weighted by Gasteiger charge is -2.28. The van der Waals surface area contributed by atoms with Gasteiger partial charge in [0.1, 0.15) is 11.6 Å². The number of benzene rings is 2. The molecule has 0 unspecified atom stereocenters. The number of phenols is 1. The number of nitrogens with zero attached hydrogens (tertiary/aromatic N) is 5. The van der Waals surface area contributed by atoms with E-state index in [9.17, 15) is 10.4 Å². The number of fused-ring (bicyclic) bond motifs is 1. The monoisotopic (exact) mass is 399 g/mol. The van der Waals surface area contributed by atoms with Gasteiger partial charge in [-0.3, -0.25) is 0 Å². The third kappa shape index (κ3) is 3.31. The lowest BCUT2D eigenvalue weighted by Crippen LogP contribution is -2.37. The van der Waals surface area contributed by atoms with Crippen LogP contribution in [0, 0.1) is 11.3 Å². The number of anilines is 3. The van der Waals surface area contributed by atoms with Crippen LogP contribution in [0.3, 0.4) is 0 Å². The zero-order chi connectivity index (χ0) is 20.5. The Labute approximate surface area is 174 Å². The van der Waals surface area contributed by atoms with Crippen LogP contribution >= 0.6 is 0 Å². The van der Waals surface area contributed by atoms with E-state index in [4.69, 9.17) is 14.7 Å². The maximum absolute atomic E-state index is 10.0. The highest BCUT2D eigenvalue weighted by molar-refractivity contribution is 5.77.